The third kappa shape index (κ3) is 2.93. The number of sulfonamides is 1. The van der Waals surface area contributed by atoms with E-state index < -0.39 is 37.3 Å². The van der Waals surface area contributed by atoms with E-state index in [1.54, 1.807) is 6.07 Å². The van der Waals surface area contributed by atoms with E-state index in [-0.39, 0.29) is 22.9 Å². The van der Waals surface area contributed by atoms with E-state index in [4.69, 9.17) is 4.74 Å². The molecule has 11 heteroatoms. The number of nitrogens with zero attached hydrogens (tertiary/aromatic N) is 1. The molecule has 28 heavy (non-hydrogen) atoms. The number of hydrogen-bond acceptors (Lipinski definition) is 6. The van der Waals surface area contributed by atoms with E-state index in [9.17, 15) is 32.8 Å². The molecule has 1 fully saturated rings. The molecular formula is C17H13FN2O7S. The van der Waals surface area contributed by atoms with Crippen molar-refractivity contribution in [2.75, 3.05) is 11.3 Å². The van der Waals surface area contributed by atoms with Crippen molar-refractivity contribution < 1.29 is 32.4 Å². The molecule has 2 aromatic carbocycles. The zero-order valence-electron chi connectivity index (χ0n) is 14.1. The topological polar surface area (TPSA) is 136 Å². The number of nitro benzene ring substituents is 1. The summed E-state index contributed by atoms with van der Waals surface area (Å²) in [5, 5.41) is 20.7. The summed E-state index contributed by atoms with van der Waals surface area (Å²) in [6.45, 7) is 0.345. The smallest absolute Gasteiger partial charge is 0.341 e. The lowest BCUT2D eigenvalue weighted by atomic mass is 10.0. The minimum absolute atomic E-state index is 0.0973. The molecule has 2 aliphatic rings. The fraction of sp³-hybridized carbons (Fsp3) is 0.235. The lowest BCUT2D eigenvalue weighted by Gasteiger charge is -2.21. The fourth-order valence-electron chi connectivity index (χ4n) is 3.41. The lowest BCUT2D eigenvalue weighted by molar-refractivity contribution is -0.388. The number of hydrogen-bond donors (Lipinski definition) is 2. The van der Waals surface area contributed by atoms with Crippen LogP contribution in [0.4, 0.5) is 15.8 Å². The second-order valence-electron chi connectivity index (χ2n) is 6.60. The van der Waals surface area contributed by atoms with Crippen molar-refractivity contribution in [2.24, 2.45) is 5.92 Å². The Morgan fingerprint density at radius 1 is 1.32 bits per heavy atom. The molecule has 2 unspecified atom stereocenters. The zero-order valence-corrected chi connectivity index (χ0v) is 14.9. The van der Waals surface area contributed by atoms with Gasteiger partial charge in [0, 0.05) is 5.92 Å². The van der Waals surface area contributed by atoms with Gasteiger partial charge in [-0.25, -0.2) is 17.6 Å². The molecule has 1 saturated carbocycles. The number of nitro groups is 1. The Balaban J connectivity index is 1.79. The fourth-order valence-corrected chi connectivity index (χ4v) is 4.63. The second kappa shape index (κ2) is 6.16. The van der Waals surface area contributed by atoms with Gasteiger partial charge in [0.1, 0.15) is 17.1 Å². The number of nitrogens with one attached hydrogen (secondary N) is 1. The lowest BCUT2D eigenvalue weighted by Crippen LogP contribution is -2.19. The van der Waals surface area contributed by atoms with Crippen LogP contribution in [0.2, 0.25) is 0 Å². The molecule has 0 aromatic heterocycles. The van der Waals surface area contributed by atoms with Crippen molar-refractivity contribution in [3.05, 3.63) is 57.4 Å². The van der Waals surface area contributed by atoms with Gasteiger partial charge in [-0.05, 0) is 36.1 Å². The third-order valence-electron chi connectivity index (χ3n) is 4.82. The Morgan fingerprint density at radius 3 is 2.75 bits per heavy atom. The number of ether oxygens (including phenoxy) is 1. The van der Waals surface area contributed by atoms with Gasteiger partial charge in [-0.1, -0.05) is 6.07 Å². The van der Waals surface area contributed by atoms with Gasteiger partial charge in [-0.15, -0.1) is 0 Å². The first-order valence-electron chi connectivity index (χ1n) is 8.19. The summed E-state index contributed by atoms with van der Waals surface area (Å²) in [7, 11) is -4.57. The summed E-state index contributed by atoms with van der Waals surface area (Å²) in [6.07, 6.45) is 0.874. The number of halogens is 1. The molecule has 4 rings (SSSR count). The molecule has 0 saturated heterocycles. The first kappa shape index (κ1) is 18.2. The van der Waals surface area contributed by atoms with E-state index in [1.165, 1.54) is 6.07 Å². The van der Waals surface area contributed by atoms with Crippen LogP contribution >= 0.6 is 0 Å². The van der Waals surface area contributed by atoms with Crippen molar-refractivity contribution >= 4 is 27.4 Å². The van der Waals surface area contributed by atoms with Crippen LogP contribution in [0, 0.1) is 21.8 Å². The first-order valence-corrected chi connectivity index (χ1v) is 9.67. The minimum atomic E-state index is -4.57. The van der Waals surface area contributed by atoms with Crippen LogP contribution in [0.15, 0.2) is 35.2 Å². The highest BCUT2D eigenvalue weighted by molar-refractivity contribution is 7.92. The van der Waals surface area contributed by atoms with Crippen LogP contribution in [0.3, 0.4) is 0 Å². The maximum Gasteiger partial charge on any atom is 0.341 e. The summed E-state index contributed by atoms with van der Waals surface area (Å²) in [5.74, 6) is -1.76. The standard InChI is InChI=1S/C17H13FN2O7S/c18-9-1-4-14(13(6-9)20(23)24)28(25,26)19-12-3-2-10-11-5-8(11)7-27-16(10)15(12)17(21)22/h1-4,6,8,11,19H,5,7H2,(H,21,22). The molecule has 2 atom stereocenters. The molecule has 0 spiro atoms. The quantitative estimate of drug-likeness (QED) is 0.573. The van der Waals surface area contributed by atoms with Crippen molar-refractivity contribution in [2.45, 2.75) is 17.2 Å². The van der Waals surface area contributed by atoms with Crippen molar-refractivity contribution in [3.63, 3.8) is 0 Å². The van der Waals surface area contributed by atoms with Crippen LogP contribution in [-0.4, -0.2) is 31.0 Å². The van der Waals surface area contributed by atoms with Crippen LogP contribution < -0.4 is 9.46 Å². The van der Waals surface area contributed by atoms with Gasteiger partial charge in [-0.2, -0.15) is 0 Å². The molecule has 146 valence electrons. The average molecular weight is 408 g/mol. The molecule has 0 amide bonds. The largest absolute Gasteiger partial charge is 0.492 e. The average Bonchev–Trinajstić information content (AvgIpc) is 3.40. The molecule has 1 aliphatic carbocycles. The summed E-state index contributed by atoms with van der Waals surface area (Å²) in [4.78, 5) is 21.1. The number of fused-ring (bicyclic) bond motifs is 3. The molecule has 2 N–H and O–H groups in total. The number of aromatic carboxylic acids is 1. The van der Waals surface area contributed by atoms with Crippen molar-refractivity contribution in [1.82, 2.24) is 0 Å². The first-order chi connectivity index (χ1) is 13.2. The van der Waals surface area contributed by atoms with Gasteiger partial charge in [0.25, 0.3) is 15.7 Å². The monoisotopic (exact) mass is 408 g/mol. The molecular weight excluding hydrogens is 395 g/mol. The number of anilines is 1. The Labute approximate surface area is 157 Å². The maximum atomic E-state index is 13.3. The van der Waals surface area contributed by atoms with Gasteiger partial charge in [0.2, 0.25) is 0 Å². The van der Waals surface area contributed by atoms with Crippen LogP contribution in [0.1, 0.15) is 28.3 Å². The summed E-state index contributed by atoms with van der Waals surface area (Å²) < 4.78 is 46.3. The van der Waals surface area contributed by atoms with Crippen LogP contribution in [0.25, 0.3) is 0 Å². The van der Waals surface area contributed by atoms with Crippen LogP contribution in [0.5, 0.6) is 5.75 Å². The normalized spacial score (nSPS) is 19.8. The SMILES string of the molecule is O=C(O)c1c(NS(=O)(=O)c2ccc(F)cc2[N+](=O)[O-])ccc2c1OCC1CC21. The van der Waals surface area contributed by atoms with Gasteiger partial charge >= 0.3 is 5.97 Å². The van der Waals surface area contributed by atoms with Crippen molar-refractivity contribution in [1.29, 1.82) is 0 Å². The number of carboxylic acid groups (broad SMARTS) is 1. The molecule has 9 nitrogen and oxygen atoms in total. The van der Waals surface area contributed by atoms with Crippen molar-refractivity contribution in [3.8, 4) is 5.75 Å². The number of benzene rings is 2. The molecule has 1 aliphatic heterocycles. The Morgan fingerprint density at radius 2 is 2.07 bits per heavy atom. The van der Waals surface area contributed by atoms with E-state index in [2.05, 4.69) is 4.72 Å². The predicted octanol–water partition coefficient (Wildman–Crippen LogP) is 2.73. The minimum Gasteiger partial charge on any atom is -0.492 e. The Hall–Kier alpha value is -3.21. The zero-order chi connectivity index (χ0) is 20.2. The van der Waals surface area contributed by atoms with E-state index in [1.807, 2.05) is 0 Å². The number of carboxylic acids is 1. The second-order valence-corrected chi connectivity index (χ2v) is 8.25. The highest BCUT2D eigenvalue weighted by Crippen LogP contribution is 2.55. The molecule has 0 radical (unpaired) electrons. The highest BCUT2D eigenvalue weighted by atomic mass is 32.2. The number of carbonyl (C=O) groups is 1. The van der Waals surface area contributed by atoms with Gasteiger partial charge in [-0.3, -0.25) is 14.8 Å². The molecule has 0 bridgehead atoms. The van der Waals surface area contributed by atoms with Gasteiger partial charge in [0.15, 0.2) is 4.90 Å². The van der Waals surface area contributed by atoms with E-state index >= 15 is 0 Å². The summed E-state index contributed by atoms with van der Waals surface area (Å²) in [5.41, 5.74) is -0.913. The van der Waals surface area contributed by atoms with E-state index in [0.717, 1.165) is 18.6 Å². The highest BCUT2D eigenvalue weighted by Gasteiger charge is 2.45. The van der Waals surface area contributed by atoms with E-state index in [0.29, 0.717) is 24.2 Å². The summed E-state index contributed by atoms with van der Waals surface area (Å²) >= 11 is 0. The van der Waals surface area contributed by atoms with Crippen LogP contribution in [-0.2, 0) is 10.0 Å². The third-order valence-corrected chi connectivity index (χ3v) is 6.23. The van der Waals surface area contributed by atoms with Gasteiger partial charge < -0.3 is 9.84 Å². The Bertz CT molecular complexity index is 1130. The maximum absolute atomic E-state index is 13.3. The number of rotatable bonds is 5. The molecule has 1 heterocycles. The molecule has 2 aromatic rings. The van der Waals surface area contributed by atoms with Gasteiger partial charge in [0.05, 0.1) is 23.3 Å². The predicted molar refractivity (Wildman–Crippen MR) is 93.6 cm³/mol. The Kier molecular flexibility index (Phi) is 4.00. The summed E-state index contributed by atoms with van der Waals surface area (Å²) in [6, 6.07) is 4.88.